The lowest BCUT2D eigenvalue weighted by Gasteiger charge is -2.30. The summed E-state index contributed by atoms with van der Waals surface area (Å²) < 4.78 is 136. The number of aromatic amines is 1. The van der Waals surface area contributed by atoms with Crippen LogP contribution in [0, 0.1) is 23.7 Å². The number of fused-ring (bicyclic) bond motifs is 4. The van der Waals surface area contributed by atoms with Crippen LogP contribution < -0.4 is 37.1 Å². The Morgan fingerprint density at radius 1 is 0.977 bits per heavy atom. The van der Waals surface area contributed by atoms with Crippen LogP contribution >= 0.6 is 45.1 Å². The van der Waals surface area contributed by atoms with Crippen LogP contribution in [0.15, 0.2) is 68.3 Å². The van der Waals surface area contributed by atoms with Crippen LogP contribution in [-0.4, -0.2) is 123 Å². The van der Waals surface area contributed by atoms with Crippen LogP contribution in [-0.2, 0) is 79.0 Å². The molecule has 1 saturated heterocycles. The van der Waals surface area contributed by atoms with E-state index in [0.717, 1.165) is 39.4 Å². The second-order valence-corrected chi connectivity index (χ2v) is 29.8. The normalized spacial score (nSPS) is 20.6. The zero-order valence-electron chi connectivity index (χ0n) is 47.2. The summed E-state index contributed by atoms with van der Waals surface area (Å²) in [5, 5.41) is 9.37. The second-order valence-electron chi connectivity index (χ2n) is 21.0. The van der Waals surface area contributed by atoms with Gasteiger partial charge in [-0.15, -0.1) is 12.6 Å². The number of azide groups is 1. The van der Waals surface area contributed by atoms with Crippen molar-refractivity contribution in [3.05, 3.63) is 129 Å². The third kappa shape index (κ3) is 17.1. The molecule has 476 valence electrons. The van der Waals surface area contributed by atoms with Gasteiger partial charge in [-0.25, -0.2) is 31.7 Å². The monoisotopic (exact) mass is 1360 g/mol. The predicted molar refractivity (Wildman–Crippen MR) is 313 cm³/mol. The van der Waals surface area contributed by atoms with Crippen molar-refractivity contribution >= 4 is 89.4 Å². The summed E-state index contributed by atoms with van der Waals surface area (Å²) in [4.78, 5) is 92.2. The predicted octanol–water partition coefficient (Wildman–Crippen LogP) is 4.14. The first-order valence-corrected chi connectivity index (χ1v) is 35.4. The molecule has 2 aliphatic carbocycles. The number of benzene rings is 3. The van der Waals surface area contributed by atoms with Crippen molar-refractivity contribution < 1.29 is 101 Å². The van der Waals surface area contributed by atoms with Crippen LogP contribution in [0.4, 0.5) is 4.79 Å². The van der Waals surface area contributed by atoms with Gasteiger partial charge >= 0.3 is 45.9 Å². The Hall–Kier alpha value is -5.95. The molecule has 4 aliphatic rings. The smallest absolute Gasteiger partial charge is 0.490 e. The number of amides is 2. The Bertz CT molecular complexity index is 4180. The Balaban J connectivity index is 0.00000268. The molecule has 7 N–H and O–H groups in total. The first-order chi connectivity index (χ1) is 41.0. The number of ether oxygens (including phenoxy) is 4. The van der Waals surface area contributed by atoms with Crippen molar-refractivity contribution in [3.63, 3.8) is 0 Å². The van der Waals surface area contributed by atoms with E-state index in [1.165, 1.54) is 21.6 Å². The topological polar surface area (TPSA) is 467 Å². The number of alkyl carbamates (subject to hydrolysis) is 1. The van der Waals surface area contributed by atoms with E-state index in [1.807, 2.05) is 44.0 Å². The minimum Gasteiger partial charge on any atom is -0.744 e. The third-order valence-corrected chi connectivity index (χ3v) is 21.9. The van der Waals surface area contributed by atoms with Gasteiger partial charge in [0.2, 0.25) is 0 Å². The minimum atomic E-state index is -5.85. The van der Waals surface area contributed by atoms with E-state index in [-0.39, 0.29) is 53.0 Å². The molecule has 2 aliphatic heterocycles. The fraction of sp³-hybridized carbons (Fsp3) is 0.440. The summed E-state index contributed by atoms with van der Waals surface area (Å²) in [5.41, 5.74) is 11.3. The highest BCUT2D eigenvalue weighted by Crippen LogP contribution is 2.66. The van der Waals surface area contributed by atoms with Crippen molar-refractivity contribution in [1.82, 2.24) is 20.2 Å². The summed E-state index contributed by atoms with van der Waals surface area (Å²) in [6.07, 6.45) is -1.31. The summed E-state index contributed by atoms with van der Waals surface area (Å²) in [5.74, 6) is 6.32. The Morgan fingerprint density at radius 2 is 1.66 bits per heavy atom. The van der Waals surface area contributed by atoms with E-state index >= 15 is 0 Å². The molecule has 3 aromatic carbocycles. The minimum absolute atomic E-state index is 0.00263. The van der Waals surface area contributed by atoms with Crippen LogP contribution in [0.3, 0.4) is 0 Å². The molecule has 3 heterocycles. The molecule has 7 atom stereocenters. The highest BCUT2D eigenvalue weighted by Gasteiger charge is 2.45. The lowest BCUT2D eigenvalue weighted by molar-refractivity contribution is -0.0601. The van der Waals surface area contributed by atoms with Gasteiger partial charge in [0, 0.05) is 57.5 Å². The van der Waals surface area contributed by atoms with Crippen LogP contribution in [0.25, 0.3) is 22.1 Å². The first kappa shape index (κ1) is 69.5. The number of nitrogens with zero attached hydrogens (tertiary/aromatic N) is 4. The molecule has 0 bridgehead atoms. The van der Waals surface area contributed by atoms with Crippen molar-refractivity contribution in [1.29, 1.82) is 0 Å². The molecule has 0 radical (unpaired) electrons. The number of carbonyl (C=O) groups excluding carboxylic acids is 2. The summed E-state index contributed by atoms with van der Waals surface area (Å²) >= 11 is 0. The molecule has 31 nitrogen and oxygen atoms in total. The first-order valence-electron chi connectivity index (χ1n) is 26.0. The average Bonchev–Trinajstić information content (AvgIpc) is 1.51. The average molecular weight is 1360 g/mol. The van der Waals surface area contributed by atoms with Gasteiger partial charge in [-0.05, 0) is 92.4 Å². The number of hydrogen-bond acceptors (Lipinski definition) is 23. The van der Waals surface area contributed by atoms with Gasteiger partial charge in [0.1, 0.15) is 52.0 Å². The molecule has 38 heteroatoms. The van der Waals surface area contributed by atoms with Gasteiger partial charge in [-0.3, -0.25) is 23.7 Å². The maximum atomic E-state index is 13.4. The van der Waals surface area contributed by atoms with Gasteiger partial charge in [0.05, 0.1) is 19.3 Å². The zero-order valence-corrected chi connectivity index (χ0v) is 53.1. The quantitative estimate of drug-likeness (QED) is 0.00748. The maximum absolute atomic E-state index is 13.4. The van der Waals surface area contributed by atoms with Gasteiger partial charge in [0.15, 0.2) is 5.75 Å². The SMILES string of the molecule is CC1C=c2c(cc3c(c2S(=O)(=O)[O-])Oc2cc4c(cc2C=3c2ccc(C(=O)NCCSSCCOC(=O)NCC#Cc3cn([C@H]5CC(OCN=[N+]=[N-])[C@@H](COP(=O)(O)OP(=O)(O)OP(=O)(O)O)O5)c(=O)[nH]c3=O)cc2)C(C)(C)C(C)C4)C1(C)C.O=S(=O)=O. The Morgan fingerprint density at radius 3 is 2.32 bits per heavy atom. The number of carbonyl (C=O) groups is 2. The third-order valence-electron chi connectivity index (χ3n) is 14.8. The van der Waals surface area contributed by atoms with Gasteiger partial charge in [-0.1, -0.05) is 98.3 Å². The van der Waals surface area contributed by atoms with Gasteiger partial charge in [-0.2, -0.15) is 8.62 Å². The zero-order chi connectivity index (χ0) is 64.9. The highest BCUT2D eigenvalue weighted by atomic mass is 33.1. The number of phosphoric ester groups is 1. The number of phosphoric acid groups is 3. The second kappa shape index (κ2) is 28.1. The number of aromatic nitrogens is 2. The van der Waals surface area contributed by atoms with Crippen LogP contribution in [0.5, 0.6) is 11.5 Å². The van der Waals surface area contributed by atoms with Crippen molar-refractivity contribution in [3.8, 4) is 23.3 Å². The molecule has 4 aromatic rings. The Labute approximate surface area is 510 Å². The van der Waals surface area contributed by atoms with Crippen LogP contribution in [0.1, 0.15) is 97.9 Å². The lowest BCUT2D eigenvalue weighted by Crippen LogP contribution is -2.34. The van der Waals surface area contributed by atoms with Crippen molar-refractivity contribution in [2.75, 3.05) is 44.5 Å². The standard InChI is InChI=1S/C50H58N7O21P3S3.O3S/c1-27-18-32-20-38-34(21-36(32)49(27,3)4)42(35-22-37-33(19-28(2)50(37,5)6)44(43(35)76-38)84(69,70)71)29-9-11-30(12-10-29)45(58)52-14-16-82-83-17-15-72-48(61)53-13-7-8-31-24-57(47(60)55-46(31)59)41-23-39(73-26-54-56-51)40(75-41)25-74-80(65,66)78-81(67,68)77-79(62,63)64;1-4(2)3/h9-12,19-22,24,27-28,39-41H,13-18,23,25-26H2,1-6H3,(H,52,58)(H,53,61)(H,65,66)(H,67,68)(H,55,59,60)(H2,62,63,64)(H,69,70,71);/p-1/t27?,28?,39?,40-,41-;/m1./s1. The number of nitrogens with one attached hydrogen (secondary N) is 3. The highest BCUT2D eigenvalue weighted by molar-refractivity contribution is 8.76. The van der Waals surface area contributed by atoms with E-state index in [0.29, 0.717) is 56.9 Å². The van der Waals surface area contributed by atoms with Gasteiger partial charge < -0.3 is 53.7 Å². The number of rotatable bonds is 22. The maximum Gasteiger partial charge on any atom is 0.490 e. The van der Waals surface area contributed by atoms with E-state index in [2.05, 4.69) is 72.5 Å². The molecular weight excluding hydrogens is 1300 g/mol. The van der Waals surface area contributed by atoms with E-state index in [9.17, 15) is 55.6 Å². The Kier molecular flexibility index (Phi) is 22.2. The molecule has 8 rings (SSSR count). The summed E-state index contributed by atoms with van der Waals surface area (Å²) in [6.45, 7) is 11.1. The molecule has 1 aromatic heterocycles. The van der Waals surface area contributed by atoms with Crippen molar-refractivity contribution in [2.24, 2.45) is 17.0 Å². The number of hydrogen-bond donors (Lipinski definition) is 7. The fourth-order valence-electron chi connectivity index (χ4n) is 9.98. The molecule has 2 amide bonds. The molecule has 88 heavy (non-hydrogen) atoms. The van der Waals surface area contributed by atoms with E-state index < -0.39 is 98.7 Å². The molecular formula is C50H57N7O24P3S4-. The van der Waals surface area contributed by atoms with Crippen molar-refractivity contribution in [2.45, 2.75) is 88.5 Å². The largest absolute Gasteiger partial charge is 0.744 e. The van der Waals surface area contributed by atoms with E-state index in [4.69, 9.17) is 46.9 Å². The van der Waals surface area contributed by atoms with Gasteiger partial charge in [0.25, 0.3) is 11.5 Å². The molecule has 5 unspecified atom stereocenters. The molecule has 1 fully saturated rings. The van der Waals surface area contributed by atoms with Crippen LogP contribution in [0.2, 0.25) is 0 Å². The number of H-pyrrole nitrogens is 1. The fourth-order valence-corrected chi connectivity index (χ4v) is 15.6. The lowest BCUT2D eigenvalue weighted by atomic mass is 9.77. The molecule has 0 saturated carbocycles. The summed E-state index contributed by atoms with van der Waals surface area (Å²) in [6, 6.07) is 13.0. The summed E-state index contributed by atoms with van der Waals surface area (Å²) in [7, 11) is -22.4. The van der Waals surface area contributed by atoms with E-state index in [1.54, 1.807) is 24.3 Å². The molecule has 0 spiro atoms.